The number of carbonyl (C=O) groups excluding carboxylic acids is 1. The molecule has 0 spiro atoms. The molecule has 1 aromatic heterocycles. The first-order valence-corrected chi connectivity index (χ1v) is 5.97. The second-order valence-corrected chi connectivity index (χ2v) is 4.04. The first-order chi connectivity index (χ1) is 8.29. The lowest BCUT2D eigenvalue weighted by Crippen LogP contribution is -2.42. The van der Waals surface area contributed by atoms with Gasteiger partial charge in [0.25, 0.3) is 0 Å². The van der Waals surface area contributed by atoms with Crippen LogP contribution in [0.15, 0.2) is 12.4 Å². The molecule has 1 amide bonds. The van der Waals surface area contributed by atoms with Crippen molar-refractivity contribution in [2.24, 2.45) is 0 Å². The lowest BCUT2D eigenvalue weighted by Gasteiger charge is -2.31. The van der Waals surface area contributed by atoms with Gasteiger partial charge in [-0.2, -0.15) is 0 Å². The monoisotopic (exact) mass is 238 g/mol. The Kier molecular flexibility index (Phi) is 3.85. The molecular weight excluding hydrogens is 220 g/mol. The van der Waals surface area contributed by atoms with Crippen molar-refractivity contribution in [1.29, 1.82) is 0 Å². The van der Waals surface area contributed by atoms with Crippen molar-refractivity contribution in [2.75, 3.05) is 25.0 Å². The van der Waals surface area contributed by atoms with Gasteiger partial charge < -0.3 is 19.9 Å². The van der Waals surface area contributed by atoms with Crippen LogP contribution in [-0.4, -0.2) is 46.7 Å². The number of nitrogens with one attached hydrogen (secondary N) is 2. The van der Waals surface area contributed by atoms with Gasteiger partial charge in [0.1, 0.15) is 0 Å². The predicted octanol–water partition coefficient (Wildman–Crippen LogP) is 1.44. The van der Waals surface area contributed by atoms with E-state index in [-0.39, 0.29) is 6.09 Å². The molecule has 2 N–H and O–H groups in total. The van der Waals surface area contributed by atoms with Crippen LogP contribution in [-0.2, 0) is 4.74 Å². The summed E-state index contributed by atoms with van der Waals surface area (Å²) in [6.07, 6.45) is 5.13. The van der Waals surface area contributed by atoms with E-state index in [1.807, 2.05) is 6.92 Å². The normalized spacial score (nSPS) is 16.9. The lowest BCUT2D eigenvalue weighted by atomic mass is 10.1. The van der Waals surface area contributed by atoms with Crippen LogP contribution in [0.2, 0.25) is 0 Å². The van der Waals surface area contributed by atoms with Crippen LogP contribution < -0.4 is 5.32 Å². The van der Waals surface area contributed by atoms with Crippen molar-refractivity contribution in [1.82, 2.24) is 14.9 Å². The number of ether oxygens (including phenoxy) is 1. The Morgan fingerprint density at radius 2 is 2.41 bits per heavy atom. The maximum atomic E-state index is 11.5. The quantitative estimate of drug-likeness (QED) is 0.836. The van der Waals surface area contributed by atoms with Crippen LogP contribution in [0.1, 0.15) is 19.8 Å². The second-order valence-electron chi connectivity index (χ2n) is 4.04. The topological polar surface area (TPSA) is 70.2 Å². The molecular formula is C11H18N4O2. The van der Waals surface area contributed by atoms with E-state index in [4.69, 9.17) is 4.74 Å². The maximum Gasteiger partial charge on any atom is 0.409 e. The van der Waals surface area contributed by atoms with Crippen molar-refractivity contribution >= 4 is 12.0 Å². The third kappa shape index (κ3) is 3.12. The molecule has 6 heteroatoms. The van der Waals surface area contributed by atoms with Gasteiger partial charge in [0, 0.05) is 31.5 Å². The van der Waals surface area contributed by atoms with E-state index in [0.29, 0.717) is 12.6 Å². The number of aromatic amines is 1. The molecule has 6 nitrogen and oxygen atoms in total. The molecule has 0 aliphatic carbocycles. The average Bonchev–Trinajstić information content (AvgIpc) is 2.83. The number of nitrogens with zero attached hydrogens (tertiary/aromatic N) is 2. The first kappa shape index (κ1) is 11.8. The van der Waals surface area contributed by atoms with Gasteiger partial charge in [-0.15, -0.1) is 0 Å². The SMILES string of the molecule is CCOC(=O)N1CCC(Nc2ncc[nH]2)CC1. The Bertz CT molecular complexity index is 344. The zero-order chi connectivity index (χ0) is 12.1. The molecule has 94 valence electrons. The number of hydrogen-bond donors (Lipinski definition) is 2. The van der Waals surface area contributed by atoms with Crippen LogP contribution in [0.25, 0.3) is 0 Å². The summed E-state index contributed by atoms with van der Waals surface area (Å²) in [5.41, 5.74) is 0. The maximum absolute atomic E-state index is 11.5. The van der Waals surface area contributed by atoms with Gasteiger partial charge in [-0.3, -0.25) is 0 Å². The van der Waals surface area contributed by atoms with E-state index in [2.05, 4.69) is 15.3 Å². The summed E-state index contributed by atoms with van der Waals surface area (Å²) < 4.78 is 4.97. The van der Waals surface area contributed by atoms with Gasteiger partial charge in [-0.05, 0) is 19.8 Å². The summed E-state index contributed by atoms with van der Waals surface area (Å²) in [6.45, 7) is 3.72. The molecule has 2 rings (SSSR count). The Labute approximate surface area is 100 Å². The predicted molar refractivity (Wildman–Crippen MR) is 63.8 cm³/mol. The van der Waals surface area contributed by atoms with E-state index in [1.165, 1.54) is 0 Å². The zero-order valence-corrected chi connectivity index (χ0v) is 9.98. The highest BCUT2D eigenvalue weighted by atomic mass is 16.6. The van der Waals surface area contributed by atoms with E-state index in [9.17, 15) is 4.79 Å². The Hall–Kier alpha value is -1.72. The van der Waals surface area contributed by atoms with Gasteiger partial charge in [-0.25, -0.2) is 9.78 Å². The number of anilines is 1. The van der Waals surface area contributed by atoms with Crippen LogP contribution >= 0.6 is 0 Å². The molecule has 1 saturated heterocycles. The smallest absolute Gasteiger partial charge is 0.409 e. The minimum atomic E-state index is -0.205. The molecule has 2 heterocycles. The third-order valence-corrected chi connectivity index (χ3v) is 2.86. The van der Waals surface area contributed by atoms with Crippen LogP contribution in [0.5, 0.6) is 0 Å². The van der Waals surface area contributed by atoms with Crippen molar-refractivity contribution in [3.05, 3.63) is 12.4 Å². The highest BCUT2D eigenvalue weighted by molar-refractivity contribution is 5.67. The van der Waals surface area contributed by atoms with Crippen LogP contribution in [0, 0.1) is 0 Å². The van der Waals surface area contributed by atoms with Crippen molar-refractivity contribution in [2.45, 2.75) is 25.8 Å². The van der Waals surface area contributed by atoms with Crippen LogP contribution in [0.4, 0.5) is 10.7 Å². The minimum Gasteiger partial charge on any atom is -0.450 e. The van der Waals surface area contributed by atoms with Gasteiger partial charge in [0.15, 0.2) is 5.95 Å². The molecule has 1 fully saturated rings. The van der Waals surface area contributed by atoms with Crippen molar-refractivity contribution in [3.63, 3.8) is 0 Å². The number of aromatic nitrogens is 2. The Balaban J connectivity index is 1.76. The Morgan fingerprint density at radius 1 is 1.65 bits per heavy atom. The van der Waals surface area contributed by atoms with E-state index in [0.717, 1.165) is 31.9 Å². The number of amides is 1. The zero-order valence-electron chi connectivity index (χ0n) is 9.98. The fourth-order valence-corrected chi connectivity index (χ4v) is 1.96. The molecule has 0 saturated carbocycles. The van der Waals surface area contributed by atoms with Crippen molar-refractivity contribution in [3.8, 4) is 0 Å². The van der Waals surface area contributed by atoms with E-state index >= 15 is 0 Å². The largest absolute Gasteiger partial charge is 0.450 e. The van der Waals surface area contributed by atoms with Crippen LogP contribution in [0.3, 0.4) is 0 Å². The standard InChI is InChI=1S/C11H18N4O2/c1-2-17-11(16)15-7-3-9(4-8-15)14-10-12-5-6-13-10/h5-6,9H,2-4,7-8H2,1H3,(H2,12,13,14). The number of hydrogen-bond acceptors (Lipinski definition) is 4. The number of piperidine rings is 1. The fraction of sp³-hybridized carbons (Fsp3) is 0.636. The van der Waals surface area contributed by atoms with Gasteiger partial charge in [0.05, 0.1) is 6.61 Å². The molecule has 0 unspecified atom stereocenters. The molecule has 1 aliphatic heterocycles. The second kappa shape index (κ2) is 5.56. The number of H-pyrrole nitrogens is 1. The summed E-state index contributed by atoms with van der Waals surface area (Å²) in [5, 5.41) is 3.31. The molecule has 0 aromatic carbocycles. The summed E-state index contributed by atoms with van der Waals surface area (Å²) in [6, 6.07) is 0.367. The summed E-state index contributed by atoms with van der Waals surface area (Å²) in [4.78, 5) is 20.4. The van der Waals surface area contributed by atoms with E-state index in [1.54, 1.807) is 17.3 Å². The third-order valence-electron chi connectivity index (χ3n) is 2.86. The number of likely N-dealkylation sites (tertiary alicyclic amines) is 1. The van der Waals surface area contributed by atoms with E-state index < -0.39 is 0 Å². The summed E-state index contributed by atoms with van der Waals surface area (Å²) in [5.74, 6) is 0.791. The molecule has 17 heavy (non-hydrogen) atoms. The summed E-state index contributed by atoms with van der Waals surface area (Å²) >= 11 is 0. The molecule has 0 bridgehead atoms. The van der Waals surface area contributed by atoms with Gasteiger partial charge in [0.2, 0.25) is 0 Å². The average molecular weight is 238 g/mol. The highest BCUT2D eigenvalue weighted by Crippen LogP contribution is 2.14. The number of carbonyl (C=O) groups is 1. The fourth-order valence-electron chi connectivity index (χ4n) is 1.96. The molecule has 0 radical (unpaired) electrons. The highest BCUT2D eigenvalue weighted by Gasteiger charge is 2.23. The van der Waals surface area contributed by atoms with Gasteiger partial charge in [-0.1, -0.05) is 0 Å². The van der Waals surface area contributed by atoms with Crippen molar-refractivity contribution < 1.29 is 9.53 Å². The first-order valence-electron chi connectivity index (χ1n) is 5.97. The molecule has 1 aliphatic rings. The number of rotatable bonds is 3. The lowest BCUT2D eigenvalue weighted by molar-refractivity contribution is 0.0983. The Morgan fingerprint density at radius 3 is 3.00 bits per heavy atom. The molecule has 0 atom stereocenters. The summed E-state index contributed by atoms with van der Waals surface area (Å²) in [7, 11) is 0. The minimum absolute atomic E-state index is 0.205. The molecule has 1 aromatic rings. The number of imidazole rings is 1. The van der Waals surface area contributed by atoms with Gasteiger partial charge >= 0.3 is 6.09 Å².